The Morgan fingerprint density at radius 1 is 1.38 bits per heavy atom. The molecule has 0 radical (unpaired) electrons. The maximum atomic E-state index is 8.63. The molecule has 0 unspecified atom stereocenters. The molecule has 0 spiro atoms. The Labute approximate surface area is 90.1 Å². The molecule has 5 nitrogen and oxygen atoms in total. The van der Waals surface area contributed by atoms with Gasteiger partial charge < -0.3 is 9.66 Å². The Balaban J connectivity index is -0.0000000750. The fourth-order valence-corrected chi connectivity index (χ4v) is 0. The number of aliphatic hydroxyl groups excluding tert-OH is 1. The smallest absolute Gasteiger partial charge is 0.726 e. The Morgan fingerprint density at radius 3 is 1.38 bits per heavy atom. The minimum atomic E-state index is -4.92. The van der Waals surface area contributed by atoms with Gasteiger partial charge in [-0.15, -0.1) is 0 Å². The number of rotatable bonds is 0. The predicted octanol–water partition coefficient (Wildman–Crippen LogP) is -4.38. The molecular weight excluding hydrogens is 163 g/mol. The molecular formula is CH5KO5S. The predicted molar refractivity (Wildman–Crippen MR) is 20.5 cm³/mol. The first-order valence-corrected chi connectivity index (χ1v) is 2.49. The standard InChI is InChI=1S/CH4O.K.H2O4S/c1-2;;1-5(2,3)4/h2H,1H3;;(H2,1,2,3,4)/q;+1;/p-1. The SMILES string of the molecule is CO.O=S(=O)([O-])O.[K+]. The summed E-state index contributed by atoms with van der Waals surface area (Å²) < 4.78 is 32.8. The molecule has 46 valence electrons. The first-order valence-electron chi connectivity index (χ1n) is 1.13. The fraction of sp³-hybridized carbons (Fsp3) is 1.00. The van der Waals surface area contributed by atoms with Gasteiger partial charge in [-0.1, -0.05) is 0 Å². The molecule has 0 amide bonds. The van der Waals surface area contributed by atoms with E-state index in [2.05, 4.69) is 0 Å². The second-order valence-corrected chi connectivity index (χ2v) is 1.28. The molecule has 0 aliphatic heterocycles. The third-order valence-corrected chi connectivity index (χ3v) is 0. The van der Waals surface area contributed by atoms with Gasteiger partial charge in [-0.2, -0.15) is 0 Å². The average molecular weight is 168 g/mol. The summed E-state index contributed by atoms with van der Waals surface area (Å²) >= 11 is 0. The van der Waals surface area contributed by atoms with Crippen LogP contribution in [0.3, 0.4) is 0 Å². The summed E-state index contributed by atoms with van der Waals surface area (Å²) in [6.07, 6.45) is 0. The van der Waals surface area contributed by atoms with Crippen molar-refractivity contribution in [2.75, 3.05) is 7.11 Å². The van der Waals surface area contributed by atoms with Gasteiger partial charge in [0.1, 0.15) is 0 Å². The van der Waals surface area contributed by atoms with E-state index in [-0.39, 0.29) is 51.4 Å². The minimum Gasteiger partial charge on any atom is -0.726 e. The van der Waals surface area contributed by atoms with Crippen molar-refractivity contribution in [2.45, 2.75) is 0 Å². The van der Waals surface area contributed by atoms with Crippen molar-refractivity contribution in [3.8, 4) is 0 Å². The summed E-state index contributed by atoms with van der Waals surface area (Å²) in [5, 5.41) is 7.00. The number of aliphatic hydroxyl groups is 1. The van der Waals surface area contributed by atoms with E-state index < -0.39 is 10.4 Å². The fourth-order valence-electron chi connectivity index (χ4n) is 0. The normalized spacial score (nSPS) is 8.00. The van der Waals surface area contributed by atoms with Crippen molar-refractivity contribution in [2.24, 2.45) is 0 Å². The number of hydrogen-bond acceptors (Lipinski definition) is 4. The molecule has 0 heterocycles. The largest absolute Gasteiger partial charge is 1.00 e. The maximum Gasteiger partial charge on any atom is 1.00 e. The van der Waals surface area contributed by atoms with Crippen LogP contribution in [0.4, 0.5) is 0 Å². The van der Waals surface area contributed by atoms with Gasteiger partial charge >= 0.3 is 51.4 Å². The van der Waals surface area contributed by atoms with Crippen molar-refractivity contribution in [3.63, 3.8) is 0 Å². The Kier molecular flexibility index (Phi) is 17.2. The van der Waals surface area contributed by atoms with Crippen LogP contribution in [0, 0.1) is 0 Å². The zero-order valence-corrected chi connectivity index (χ0v) is 8.47. The average Bonchev–Trinajstić information content (AvgIpc) is 1.36. The van der Waals surface area contributed by atoms with Gasteiger partial charge in [-0.25, -0.2) is 8.42 Å². The van der Waals surface area contributed by atoms with E-state index in [0.717, 1.165) is 7.11 Å². The quantitative estimate of drug-likeness (QED) is 0.216. The molecule has 0 saturated carbocycles. The molecule has 0 rings (SSSR count). The molecule has 0 aromatic heterocycles. The van der Waals surface area contributed by atoms with Gasteiger partial charge in [-0.05, 0) is 0 Å². The van der Waals surface area contributed by atoms with E-state index in [9.17, 15) is 0 Å². The van der Waals surface area contributed by atoms with Crippen molar-refractivity contribution in [1.29, 1.82) is 0 Å². The summed E-state index contributed by atoms with van der Waals surface area (Å²) in [5.74, 6) is 0. The van der Waals surface area contributed by atoms with Crippen molar-refractivity contribution in [1.82, 2.24) is 0 Å². The topological polar surface area (TPSA) is 97.7 Å². The third kappa shape index (κ3) is 145. The summed E-state index contributed by atoms with van der Waals surface area (Å²) in [6, 6.07) is 0. The summed E-state index contributed by atoms with van der Waals surface area (Å²) in [4.78, 5) is 0. The van der Waals surface area contributed by atoms with Crippen LogP contribution in [0.2, 0.25) is 0 Å². The summed E-state index contributed by atoms with van der Waals surface area (Å²) in [6.45, 7) is 0. The number of hydrogen-bond donors (Lipinski definition) is 2. The van der Waals surface area contributed by atoms with E-state index in [4.69, 9.17) is 22.6 Å². The van der Waals surface area contributed by atoms with Crippen LogP contribution in [-0.2, 0) is 10.4 Å². The van der Waals surface area contributed by atoms with Gasteiger partial charge in [0.15, 0.2) is 0 Å². The Morgan fingerprint density at radius 2 is 1.38 bits per heavy atom. The first-order chi connectivity index (χ1) is 3.00. The van der Waals surface area contributed by atoms with Crippen LogP contribution in [0.25, 0.3) is 0 Å². The molecule has 0 atom stereocenters. The van der Waals surface area contributed by atoms with Crippen LogP contribution in [0.15, 0.2) is 0 Å². The second-order valence-electron chi connectivity index (χ2n) is 0.428. The summed E-state index contributed by atoms with van der Waals surface area (Å²) in [5.41, 5.74) is 0. The first kappa shape index (κ1) is 16.2. The molecule has 2 N–H and O–H groups in total. The van der Waals surface area contributed by atoms with E-state index in [1.807, 2.05) is 0 Å². The van der Waals surface area contributed by atoms with Crippen LogP contribution in [0.1, 0.15) is 0 Å². The van der Waals surface area contributed by atoms with Crippen LogP contribution in [0.5, 0.6) is 0 Å². The molecule has 0 saturated heterocycles. The molecule has 0 aliphatic rings. The van der Waals surface area contributed by atoms with Gasteiger partial charge in [0.05, 0.1) is 0 Å². The van der Waals surface area contributed by atoms with E-state index in [1.165, 1.54) is 0 Å². The van der Waals surface area contributed by atoms with Gasteiger partial charge in [-0.3, -0.25) is 4.55 Å². The van der Waals surface area contributed by atoms with Gasteiger partial charge in [0.2, 0.25) is 10.4 Å². The second kappa shape index (κ2) is 8.47. The molecule has 0 aliphatic carbocycles. The van der Waals surface area contributed by atoms with Gasteiger partial charge in [0.25, 0.3) is 0 Å². The maximum absolute atomic E-state index is 8.63. The van der Waals surface area contributed by atoms with Crippen molar-refractivity contribution < 1.29 is 74.0 Å². The van der Waals surface area contributed by atoms with Crippen molar-refractivity contribution >= 4 is 10.4 Å². The van der Waals surface area contributed by atoms with Crippen LogP contribution >= 0.6 is 0 Å². The molecule has 0 aromatic carbocycles. The van der Waals surface area contributed by atoms with E-state index in [0.29, 0.717) is 0 Å². The summed E-state index contributed by atoms with van der Waals surface area (Å²) in [7, 11) is -3.92. The van der Waals surface area contributed by atoms with E-state index in [1.54, 1.807) is 0 Å². The molecule has 0 fully saturated rings. The zero-order valence-electron chi connectivity index (χ0n) is 4.53. The third-order valence-electron chi connectivity index (χ3n) is 0. The Hall–Kier alpha value is 1.47. The van der Waals surface area contributed by atoms with Crippen molar-refractivity contribution in [3.05, 3.63) is 0 Å². The monoisotopic (exact) mass is 168 g/mol. The van der Waals surface area contributed by atoms with Gasteiger partial charge in [0, 0.05) is 7.11 Å². The molecule has 8 heavy (non-hydrogen) atoms. The Bertz CT molecular complexity index is 95.6. The van der Waals surface area contributed by atoms with Crippen LogP contribution in [-0.4, -0.2) is 29.7 Å². The van der Waals surface area contributed by atoms with Crippen LogP contribution < -0.4 is 51.4 Å². The minimum absolute atomic E-state index is 0. The van der Waals surface area contributed by atoms with E-state index >= 15 is 0 Å². The molecule has 0 aromatic rings. The molecule has 7 heteroatoms. The molecule has 0 bridgehead atoms. The zero-order chi connectivity index (χ0) is 6.50.